The van der Waals surface area contributed by atoms with E-state index in [4.69, 9.17) is 0 Å². The molecule has 1 aromatic carbocycles. The molecule has 1 aliphatic carbocycles. The van der Waals surface area contributed by atoms with Gasteiger partial charge in [-0.25, -0.2) is 0 Å². The molecular weight excluding hydrogens is 350 g/mol. The first-order valence-corrected chi connectivity index (χ1v) is 10.1. The van der Waals surface area contributed by atoms with Crippen LogP contribution in [0.1, 0.15) is 42.7 Å². The molecule has 0 bridgehead atoms. The lowest BCUT2D eigenvalue weighted by atomic mass is 9.91. The lowest BCUT2D eigenvalue weighted by Crippen LogP contribution is -2.41. The second-order valence-electron chi connectivity index (χ2n) is 8.16. The van der Waals surface area contributed by atoms with Crippen LogP contribution in [0.25, 0.3) is 0 Å². The maximum atomic E-state index is 12.7. The Morgan fingerprint density at radius 3 is 2.61 bits per heavy atom. The fourth-order valence-electron chi connectivity index (χ4n) is 3.58. The average molecular weight is 382 g/mol. The highest BCUT2D eigenvalue weighted by Gasteiger charge is 2.28. The number of carbonyl (C=O) groups is 1. The number of likely N-dealkylation sites (N-methyl/N-ethyl adjacent to an activating group) is 1. The molecule has 5 heteroatoms. The van der Waals surface area contributed by atoms with Gasteiger partial charge in [-0.1, -0.05) is 31.0 Å². The van der Waals surface area contributed by atoms with Gasteiger partial charge >= 0.3 is 0 Å². The van der Waals surface area contributed by atoms with Gasteiger partial charge in [-0.15, -0.1) is 0 Å². The molecule has 0 unspecified atom stereocenters. The van der Waals surface area contributed by atoms with Crippen LogP contribution in [-0.4, -0.2) is 47.6 Å². The van der Waals surface area contributed by atoms with Crippen LogP contribution in [0.3, 0.4) is 0 Å². The van der Waals surface area contributed by atoms with E-state index in [0.717, 1.165) is 29.9 Å². The minimum atomic E-state index is 0.104. The fourth-order valence-corrected chi connectivity index (χ4v) is 3.58. The molecule has 1 amide bonds. The number of nitrogens with one attached hydrogen (secondary N) is 1. The van der Waals surface area contributed by atoms with Crippen LogP contribution in [0.2, 0.25) is 0 Å². The third-order valence-electron chi connectivity index (χ3n) is 5.58. The molecule has 2 aromatic rings. The summed E-state index contributed by atoms with van der Waals surface area (Å²) >= 11 is 0. The number of nitrogens with zero attached hydrogens (tertiary/aromatic N) is 2. The molecule has 1 heterocycles. The first kappa shape index (κ1) is 20.3. The zero-order valence-electron chi connectivity index (χ0n) is 16.8. The number of carbonyl (C=O) groups excluding carboxylic acids is 1. The van der Waals surface area contributed by atoms with Gasteiger partial charge in [-0.2, -0.15) is 0 Å². The third kappa shape index (κ3) is 6.34. The summed E-state index contributed by atoms with van der Waals surface area (Å²) < 4.78 is 0. The molecule has 2 N–H and O–H groups in total. The van der Waals surface area contributed by atoms with Crippen LogP contribution in [0.15, 0.2) is 48.8 Å². The Hall–Kier alpha value is -2.40. The Labute approximate surface area is 167 Å². The predicted octanol–water partition coefficient (Wildman–Crippen LogP) is 3.35. The lowest BCUT2D eigenvalue weighted by molar-refractivity contribution is -0.121. The normalized spacial score (nSPS) is 16.0. The van der Waals surface area contributed by atoms with E-state index in [2.05, 4.69) is 21.3 Å². The first-order chi connectivity index (χ1) is 13.5. The van der Waals surface area contributed by atoms with Crippen LogP contribution >= 0.6 is 0 Å². The Morgan fingerprint density at radius 2 is 2.00 bits per heavy atom. The minimum absolute atomic E-state index is 0.104. The highest BCUT2D eigenvalue weighted by atomic mass is 16.3. The van der Waals surface area contributed by atoms with E-state index in [1.807, 2.05) is 38.5 Å². The fraction of sp³-hybridized carbons (Fsp3) is 0.478. The zero-order chi connectivity index (χ0) is 19.9. The number of aromatic nitrogens is 1. The molecule has 3 rings (SSSR count). The van der Waals surface area contributed by atoms with E-state index in [-0.39, 0.29) is 23.6 Å². The smallest absolute Gasteiger partial charge is 0.220 e. The summed E-state index contributed by atoms with van der Waals surface area (Å²) in [6, 6.07) is 11.5. The number of aromatic hydroxyl groups is 1. The quantitative estimate of drug-likeness (QED) is 0.662. The molecule has 0 radical (unpaired) electrons. The molecule has 150 valence electrons. The van der Waals surface area contributed by atoms with Crippen molar-refractivity contribution >= 4 is 5.91 Å². The second kappa shape index (κ2) is 9.69. The summed E-state index contributed by atoms with van der Waals surface area (Å²) in [5.41, 5.74) is 2.31. The Bertz CT molecular complexity index is 742. The molecule has 2 atom stereocenters. The van der Waals surface area contributed by atoms with Gasteiger partial charge in [0.15, 0.2) is 0 Å². The topological polar surface area (TPSA) is 65.5 Å². The predicted molar refractivity (Wildman–Crippen MR) is 111 cm³/mol. The van der Waals surface area contributed by atoms with Crippen molar-refractivity contribution in [1.82, 2.24) is 15.2 Å². The Kier molecular flexibility index (Phi) is 7.04. The summed E-state index contributed by atoms with van der Waals surface area (Å²) in [6.45, 7) is 0.607. The summed E-state index contributed by atoms with van der Waals surface area (Å²) in [7, 11) is 4.06. The van der Waals surface area contributed by atoms with Crippen LogP contribution < -0.4 is 5.32 Å². The molecule has 5 nitrogen and oxygen atoms in total. The molecule has 1 fully saturated rings. The Morgan fingerprint density at radius 1 is 1.25 bits per heavy atom. The molecule has 28 heavy (non-hydrogen) atoms. The van der Waals surface area contributed by atoms with E-state index in [1.54, 1.807) is 18.3 Å². The van der Waals surface area contributed by atoms with Crippen molar-refractivity contribution in [3.8, 4) is 5.75 Å². The minimum Gasteiger partial charge on any atom is -0.508 e. The van der Waals surface area contributed by atoms with Gasteiger partial charge in [0.25, 0.3) is 0 Å². The number of phenolic OH excluding ortho intramolecular Hbond substituents is 1. The highest BCUT2D eigenvalue weighted by Crippen LogP contribution is 2.39. The van der Waals surface area contributed by atoms with E-state index in [1.165, 1.54) is 12.8 Å². The molecular formula is C23H31N3O2. The van der Waals surface area contributed by atoms with Crippen LogP contribution in [0.5, 0.6) is 5.75 Å². The van der Waals surface area contributed by atoms with Gasteiger partial charge in [-0.3, -0.25) is 9.78 Å². The van der Waals surface area contributed by atoms with Gasteiger partial charge in [0, 0.05) is 31.4 Å². The zero-order valence-corrected chi connectivity index (χ0v) is 16.8. The average Bonchev–Trinajstić information content (AvgIpc) is 3.50. The molecule has 0 aliphatic heterocycles. The number of pyridine rings is 1. The number of hydrogen-bond donors (Lipinski definition) is 2. The number of hydrogen-bond acceptors (Lipinski definition) is 4. The largest absolute Gasteiger partial charge is 0.508 e. The summed E-state index contributed by atoms with van der Waals surface area (Å²) in [5.74, 6) is 1.39. The molecule has 0 saturated heterocycles. The van der Waals surface area contributed by atoms with Gasteiger partial charge < -0.3 is 15.3 Å². The summed E-state index contributed by atoms with van der Waals surface area (Å²) in [5, 5.41) is 12.6. The molecule has 1 aliphatic rings. The molecule has 0 spiro atoms. The highest BCUT2D eigenvalue weighted by molar-refractivity contribution is 5.76. The van der Waals surface area contributed by atoms with Gasteiger partial charge in [0.1, 0.15) is 5.75 Å². The van der Waals surface area contributed by atoms with Gasteiger partial charge in [-0.05, 0) is 68.1 Å². The van der Waals surface area contributed by atoms with Crippen LogP contribution in [0.4, 0.5) is 0 Å². The van der Waals surface area contributed by atoms with Crippen molar-refractivity contribution in [2.45, 2.75) is 44.1 Å². The number of benzene rings is 1. The van der Waals surface area contributed by atoms with Crippen molar-refractivity contribution in [3.63, 3.8) is 0 Å². The van der Waals surface area contributed by atoms with Crippen molar-refractivity contribution in [1.29, 1.82) is 0 Å². The van der Waals surface area contributed by atoms with Gasteiger partial charge in [0.2, 0.25) is 5.91 Å². The molecule has 1 aromatic heterocycles. The number of amides is 1. The second-order valence-corrected chi connectivity index (χ2v) is 8.16. The maximum absolute atomic E-state index is 12.7. The van der Waals surface area contributed by atoms with Crippen LogP contribution in [-0.2, 0) is 11.2 Å². The van der Waals surface area contributed by atoms with E-state index in [0.29, 0.717) is 13.0 Å². The monoisotopic (exact) mass is 381 g/mol. The van der Waals surface area contributed by atoms with Gasteiger partial charge in [0.05, 0.1) is 0 Å². The number of phenols is 1. The van der Waals surface area contributed by atoms with E-state index < -0.39 is 0 Å². The first-order valence-electron chi connectivity index (χ1n) is 10.1. The lowest BCUT2D eigenvalue weighted by Gasteiger charge is -2.25. The van der Waals surface area contributed by atoms with Crippen molar-refractivity contribution < 1.29 is 9.90 Å². The van der Waals surface area contributed by atoms with E-state index >= 15 is 0 Å². The van der Waals surface area contributed by atoms with Crippen molar-refractivity contribution in [2.75, 3.05) is 20.6 Å². The summed E-state index contributed by atoms with van der Waals surface area (Å²) in [4.78, 5) is 19.0. The third-order valence-corrected chi connectivity index (χ3v) is 5.58. The summed E-state index contributed by atoms with van der Waals surface area (Å²) in [6.07, 6.45) is 8.66. The SMILES string of the molecule is CN(C)[C@H](CNC(=O)C[C@H](CC1CC1)c1cccnc1)Cc1ccc(O)cc1. The number of rotatable bonds is 10. The van der Waals surface area contributed by atoms with Crippen molar-refractivity contribution in [2.24, 2.45) is 5.92 Å². The Balaban J connectivity index is 1.54. The molecule has 1 saturated carbocycles. The van der Waals surface area contributed by atoms with Crippen LogP contribution in [0, 0.1) is 5.92 Å². The maximum Gasteiger partial charge on any atom is 0.220 e. The van der Waals surface area contributed by atoms with Crippen molar-refractivity contribution in [3.05, 3.63) is 59.9 Å². The standard InChI is InChI=1S/C23H31N3O2/c1-26(2)21(13-18-7-9-22(27)10-8-18)16-25-23(28)14-20(12-17-5-6-17)19-4-3-11-24-15-19/h3-4,7-11,15,17,20-21,27H,5-6,12-14,16H2,1-2H3,(H,25,28)/t20-,21-/m0/s1. The van der Waals surface area contributed by atoms with E-state index in [9.17, 15) is 9.90 Å².